The predicted octanol–water partition coefficient (Wildman–Crippen LogP) is 3.01. The zero-order chi connectivity index (χ0) is 9.84. The summed E-state index contributed by atoms with van der Waals surface area (Å²) < 4.78 is 29.0. The molecule has 0 aliphatic heterocycles. The standard InChI is InChI=1S/C9H12FO2P/c1-3-13(11)12-9-5-4-7(2)6-8(9)10/h4-6,13H,3H2,1-2H3. The molecule has 0 spiro atoms. The molecule has 0 saturated carbocycles. The van der Waals surface area contributed by atoms with E-state index in [-0.39, 0.29) is 5.75 Å². The first-order valence-corrected chi connectivity index (χ1v) is 5.62. The Kier molecular flexibility index (Phi) is 3.49. The number of hydrogen-bond donors (Lipinski definition) is 0. The third kappa shape index (κ3) is 2.85. The summed E-state index contributed by atoms with van der Waals surface area (Å²) in [4.78, 5) is 0. The second-order valence-corrected chi connectivity index (χ2v) is 4.42. The monoisotopic (exact) mass is 202 g/mol. The minimum Gasteiger partial charge on any atom is -0.442 e. The largest absolute Gasteiger partial charge is 0.442 e. The zero-order valence-corrected chi connectivity index (χ0v) is 8.63. The molecule has 1 aromatic rings. The van der Waals surface area contributed by atoms with Crippen LogP contribution in [0.15, 0.2) is 18.2 Å². The van der Waals surface area contributed by atoms with Crippen LogP contribution in [-0.2, 0) is 4.57 Å². The van der Waals surface area contributed by atoms with Crippen LogP contribution in [0.1, 0.15) is 12.5 Å². The molecule has 0 bridgehead atoms. The van der Waals surface area contributed by atoms with Crippen LogP contribution >= 0.6 is 8.03 Å². The quantitative estimate of drug-likeness (QED) is 0.704. The van der Waals surface area contributed by atoms with Crippen LogP contribution in [0.5, 0.6) is 5.75 Å². The SMILES string of the molecule is CC[PH](=O)Oc1ccc(C)cc1F. The molecule has 2 nitrogen and oxygen atoms in total. The van der Waals surface area contributed by atoms with Gasteiger partial charge in [0.1, 0.15) is 0 Å². The van der Waals surface area contributed by atoms with Crippen LogP contribution in [0.2, 0.25) is 0 Å². The van der Waals surface area contributed by atoms with Gasteiger partial charge < -0.3 is 4.52 Å². The van der Waals surface area contributed by atoms with Crippen molar-refractivity contribution in [2.24, 2.45) is 0 Å². The normalized spacial score (nSPS) is 12.5. The molecule has 0 amide bonds. The summed E-state index contributed by atoms with van der Waals surface area (Å²) in [6, 6.07) is 4.59. The van der Waals surface area contributed by atoms with Crippen molar-refractivity contribution in [1.29, 1.82) is 0 Å². The Balaban J connectivity index is 2.83. The minimum atomic E-state index is -2.11. The molecule has 1 aromatic carbocycles. The number of benzene rings is 1. The molecule has 0 aliphatic rings. The molecule has 1 atom stereocenters. The fourth-order valence-electron chi connectivity index (χ4n) is 0.883. The summed E-state index contributed by atoms with van der Waals surface area (Å²) in [6.45, 7) is 3.53. The van der Waals surface area contributed by atoms with E-state index in [0.717, 1.165) is 5.56 Å². The summed E-state index contributed by atoms with van der Waals surface area (Å²) in [5.74, 6) is -0.372. The molecule has 0 fully saturated rings. The van der Waals surface area contributed by atoms with E-state index in [1.807, 2.05) is 0 Å². The molecule has 4 heteroatoms. The van der Waals surface area contributed by atoms with E-state index in [4.69, 9.17) is 4.52 Å². The summed E-state index contributed by atoms with van der Waals surface area (Å²) in [5.41, 5.74) is 0.820. The maximum absolute atomic E-state index is 13.1. The average molecular weight is 202 g/mol. The number of rotatable bonds is 3. The Bertz CT molecular complexity index is 325. The highest BCUT2D eigenvalue weighted by atomic mass is 31.1. The van der Waals surface area contributed by atoms with Crippen molar-refractivity contribution in [2.75, 3.05) is 6.16 Å². The Morgan fingerprint density at radius 3 is 2.77 bits per heavy atom. The van der Waals surface area contributed by atoms with Crippen molar-refractivity contribution < 1.29 is 13.5 Å². The molecule has 0 aliphatic carbocycles. The van der Waals surface area contributed by atoms with Crippen LogP contribution in [0.3, 0.4) is 0 Å². The molecule has 13 heavy (non-hydrogen) atoms. The lowest BCUT2D eigenvalue weighted by Gasteiger charge is -2.05. The van der Waals surface area contributed by atoms with E-state index in [0.29, 0.717) is 6.16 Å². The first kappa shape index (κ1) is 10.3. The summed E-state index contributed by atoms with van der Waals surface area (Å²) in [6.07, 6.45) is 0.429. The fraction of sp³-hybridized carbons (Fsp3) is 0.333. The second kappa shape index (κ2) is 4.43. The van der Waals surface area contributed by atoms with Crippen LogP contribution < -0.4 is 4.52 Å². The fourth-order valence-corrected chi connectivity index (χ4v) is 1.44. The van der Waals surface area contributed by atoms with Gasteiger partial charge >= 0.3 is 0 Å². The van der Waals surface area contributed by atoms with Crippen molar-refractivity contribution in [2.45, 2.75) is 13.8 Å². The maximum atomic E-state index is 13.1. The van der Waals surface area contributed by atoms with Crippen LogP contribution in [0.25, 0.3) is 0 Å². The molecule has 72 valence electrons. The first-order chi connectivity index (χ1) is 6.13. The highest BCUT2D eigenvalue weighted by molar-refractivity contribution is 7.39. The molecule has 0 N–H and O–H groups in total. The predicted molar refractivity (Wildman–Crippen MR) is 51.3 cm³/mol. The molecule has 1 unspecified atom stereocenters. The van der Waals surface area contributed by atoms with Gasteiger partial charge in [0.25, 0.3) is 0 Å². The Morgan fingerprint density at radius 2 is 2.23 bits per heavy atom. The first-order valence-electron chi connectivity index (χ1n) is 4.10. The molecule has 0 radical (unpaired) electrons. The zero-order valence-electron chi connectivity index (χ0n) is 7.63. The van der Waals surface area contributed by atoms with Crippen molar-refractivity contribution >= 4 is 8.03 Å². The van der Waals surface area contributed by atoms with Gasteiger partial charge in [0, 0.05) is 6.16 Å². The number of halogens is 1. The van der Waals surface area contributed by atoms with Gasteiger partial charge in [0.2, 0.25) is 8.03 Å². The molecule has 0 aromatic heterocycles. The second-order valence-electron chi connectivity index (χ2n) is 2.76. The minimum absolute atomic E-state index is 0.0799. The van der Waals surface area contributed by atoms with Gasteiger partial charge in [-0.25, -0.2) is 4.39 Å². The van der Waals surface area contributed by atoms with Gasteiger partial charge in [-0.1, -0.05) is 13.0 Å². The van der Waals surface area contributed by atoms with E-state index in [1.165, 1.54) is 12.1 Å². The highest BCUT2D eigenvalue weighted by Crippen LogP contribution is 2.28. The molecular weight excluding hydrogens is 190 g/mol. The molecule has 0 heterocycles. The summed E-state index contributed by atoms with van der Waals surface area (Å²) in [7, 11) is -2.11. The van der Waals surface area contributed by atoms with E-state index < -0.39 is 13.8 Å². The molecule has 1 rings (SSSR count). The van der Waals surface area contributed by atoms with Crippen molar-refractivity contribution in [3.63, 3.8) is 0 Å². The van der Waals surface area contributed by atoms with Gasteiger partial charge in [-0.3, -0.25) is 4.57 Å². The van der Waals surface area contributed by atoms with Crippen LogP contribution in [0, 0.1) is 12.7 Å². The Labute approximate surface area is 77.6 Å². The van der Waals surface area contributed by atoms with Gasteiger partial charge in [-0.05, 0) is 24.6 Å². The van der Waals surface area contributed by atoms with E-state index >= 15 is 0 Å². The molecular formula is C9H12FO2P. The third-order valence-electron chi connectivity index (χ3n) is 1.60. The van der Waals surface area contributed by atoms with E-state index in [2.05, 4.69) is 0 Å². The summed E-state index contributed by atoms with van der Waals surface area (Å²) >= 11 is 0. The lowest BCUT2D eigenvalue weighted by Crippen LogP contribution is -1.87. The Hall–Kier alpha value is -0.820. The highest BCUT2D eigenvalue weighted by Gasteiger charge is 2.05. The Morgan fingerprint density at radius 1 is 1.54 bits per heavy atom. The maximum Gasteiger partial charge on any atom is 0.236 e. The van der Waals surface area contributed by atoms with E-state index in [1.54, 1.807) is 19.9 Å². The topological polar surface area (TPSA) is 26.3 Å². The smallest absolute Gasteiger partial charge is 0.236 e. The lowest BCUT2D eigenvalue weighted by molar-refractivity contribution is 0.478. The van der Waals surface area contributed by atoms with Gasteiger partial charge in [0.05, 0.1) is 0 Å². The average Bonchev–Trinajstić information content (AvgIpc) is 2.09. The van der Waals surface area contributed by atoms with Crippen molar-refractivity contribution in [3.05, 3.63) is 29.6 Å². The third-order valence-corrected chi connectivity index (χ3v) is 2.62. The number of aryl methyl sites for hydroxylation is 1. The van der Waals surface area contributed by atoms with Crippen molar-refractivity contribution in [1.82, 2.24) is 0 Å². The van der Waals surface area contributed by atoms with Crippen molar-refractivity contribution in [3.8, 4) is 5.75 Å². The van der Waals surface area contributed by atoms with Crippen LogP contribution in [-0.4, -0.2) is 6.16 Å². The van der Waals surface area contributed by atoms with Gasteiger partial charge in [-0.15, -0.1) is 0 Å². The van der Waals surface area contributed by atoms with Gasteiger partial charge in [0.15, 0.2) is 11.6 Å². The van der Waals surface area contributed by atoms with Crippen LogP contribution in [0.4, 0.5) is 4.39 Å². The van der Waals surface area contributed by atoms with E-state index in [9.17, 15) is 8.96 Å². The lowest BCUT2D eigenvalue weighted by atomic mass is 10.2. The number of hydrogen-bond acceptors (Lipinski definition) is 2. The summed E-state index contributed by atoms with van der Waals surface area (Å²) in [5, 5.41) is 0. The van der Waals surface area contributed by atoms with Gasteiger partial charge in [-0.2, -0.15) is 0 Å². The molecule has 0 saturated heterocycles.